The van der Waals surface area contributed by atoms with Gasteiger partial charge in [-0.05, 0) is 38.3 Å². The highest BCUT2D eigenvalue weighted by Crippen LogP contribution is 2.40. The van der Waals surface area contributed by atoms with Gasteiger partial charge in [-0.15, -0.1) is 0 Å². The van der Waals surface area contributed by atoms with E-state index in [0.29, 0.717) is 12.3 Å². The maximum absolute atomic E-state index is 12.2. The van der Waals surface area contributed by atoms with Crippen LogP contribution in [0.25, 0.3) is 0 Å². The van der Waals surface area contributed by atoms with E-state index in [9.17, 15) is 9.59 Å². The van der Waals surface area contributed by atoms with Gasteiger partial charge in [-0.2, -0.15) is 0 Å². The van der Waals surface area contributed by atoms with E-state index in [1.54, 1.807) is 0 Å². The zero-order valence-corrected chi connectivity index (χ0v) is 12.5. The van der Waals surface area contributed by atoms with E-state index >= 15 is 0 Å². The first-order valence-electron chi connectivity index (χ1n) is 7.80. The van der Waals surface area contributed by atoms with Crippen LogP contribution < -0.4 is 0 Å². The van der Waals surface area contributed by atoms with E-state index in [1.165, 1.54) is 0 Å². The van der Waals surface area contributed by atoms with Gasteiger partial charge in [-0.25, -0.2) is 0 Å². The summed E-state index contributed by atoms with van der Waals surface area (Å²) in [5.74, 6) is -0.741. The Labute approximate surface area is 120 Å². The summed E-state index contributed by atoms with van der Waals surface area (Å²) >= 11 is 0. The highest BCUT2D eigenvalue weighted by molar-refractivity contribution is 5.89. The number of nitrogens with zero attached hydrogens (tertiary/aromatic N) is 2. The van der Waals surface area contributed by atoms with Gasteiger partial charge < -0.3 is 14.9 Å². The Hall–Kier alpha value is -1.10. The number of carboxylic acid groups (broad SMARTS) is 1. The number of likely N-dealkylation sites (tertiary alicyclic amines) is 1. The molecule has 2 fully saturated rings. The summed E-state index contributed by atoms with van der Waals surface area (Å²) in [6.45, 7) is 9.25. The van der Waals surface area contributed by atoms with Crippen molar-refractivity contribution >= 4 is 11.9 Å². The molecule has 1 amide bonds. The average molecular weight is 282 g/mol. The number of hydrogen-bond donors (Lipinski definition) is 1. The number of amides is 1. The second-order valence-corrected chi connectivity index (χ2v) is 6.04. The summed E-state index contributed by atoms with van der Waals surface area (Å²) in [4.78, 5) is 27.3. The minimum Gasteiger partial charge on any atom is -0.481 e. The summed E-state index contributed by atoms with van der Waals surface area (Å²) < 4.78 is 0. The van der Waals surface area contributed by atoms with Crippen LogP contribution in [-0.4, -0.2) is 59.5 Å². The number of rotatable bonds is 6. The van der Waals surface area contributed by atoms with Gasteiger partial charge in [0, 0.05) is 19.6 Å². The quantitative estimate of drug-likeness (QED) is 0.797. The van der Waals surface area contributed by atoms with Crippen molar-refractivity contribution in [2.45, 2.75) is 33.1 Å². The second kappa shape index (κ2) is 6.57. The van der Waals surface area contributed by atoms with E-state index in [-0.39, 0.29) is 11.8 Å². The van der Waals surface area contributed by atoms with Crippen LogP contribution in [0.2, 0.25) is 0 Å². The van der Waals surface area contributed by atoms with Crippen LogP contribution in [0.5, 0.6) is 0 Å². The number of aliphatic carboxylic acids is 1. The Morgan fingerprint density at radius 2 is 1.75 bits per heavy atom. The maximum atomic E-state index is 12.2. The molecule has 0 aromatic rings. The van der Waals surface area contributed by atoms with Gasteiger partial charge in [0.05, 0.1) is 11.8 Å². The number of piperidine rings is 1. The molecule has 1 N–H and O–H groups in total. The SMILES string of the molecule is CCN(CC)CC1CCN(C(=O)[C@@H]2C[C@@H]2C(=O)O)CC1. The maximum Gasteiger partial charge on any atom is 0.307 e. The molecule has 0 aromatic carbocycles. The number of carbonyl (C=O) groups excluding carboxylic acids is 1. The first kappa shape index (κ1) is 15.3. The summed E-state index contributed by atoms with van der Waals surface area (Å²) in [6.07, 6.45) is 2.63. The molecule has 1 heterocycles. The van der Waals surface area contributed by atoms with Crippen molar-refractivity contribution in [3.05, 3.63) is 0 Å². The smallest absolute Gasteiger partial charge is 0.307 e. The van der Waals surface area contributed by atoms with Crippen molar-refractivity contribution in [2.75, 3.05) is 32.7 Å². The van der Waals surface area contributed by atoms with Gasteiger partial charge in [-0.1, -0.05) is 13.8 Å². The van der Waals surface area contributed by atoms with Crippen molar-refractivity contribution in [2.24, 2.45) is 17.8 Å². The summed E-state index contributed by atoms with van der Waals surface area (Å²) in [5, 5.41) is 8.89. The largest absolute Gasteiger partial charge is 0.481 e. The van der Waals surface area contributed by atoms with Gasteiger partial charge >= 0.3 is 5.97 Å². The lowest BCUT2D eigenvalue weighted by Crippen LogP contribution is -2.42. The second-order valence-electron chi connectivity index (χ2n) is 6.04. The van der Waals surface area contributed by atoms with Crippen LogP contribution in [0.1, 0.15) is 33.1 Å². The highest BCUT2D eigenvalue weighted by atomic mass is 16.4. The molecule has 114 valence electrons. The van der Waals surface area contributed by atoms with Crippen LogP contribution in [0.15, 0.2) is 0 Å². The first-order chi connectivity index (χ1) is 9.56. The third-order valence-corrected chi connectivity index (χ3v) is 4.76. The highest BCUT2D eigenvalue weighted by Gasteiger charge is 2.50. The Morgan fingerprint density at radius 3 is 2.20 bits per heavy atom. The van der Waals surface area contributed by atoms with E-state index in [1.807, 2.05) is 4.90 Å². The minimum absolute atomic E-state index is 0.0682. The van der Waals surface area contributed by atoms with Crippen LogP contribution in [-0.2, 0) is 9.59 Å². The molecule has 1 saturated heterocycles. The average Bonchev–Trinajstić information content (AvgIpc) is 3.25. The minimum atomic E-state index is -0.820. The molecule has 2 atom stereocenters. The zero-order chi connectivity index (χ0) is 14.7. The van der Waals surface area contributed by atoms with Gasteiger partial charge in [0.25, 0.3) is 0 Å². The number of carbonyl (C=O) groups is 2. The van der Waals surface area contributed by atoms with Gasteiger partial charge in [0.1, 0.15) is 0 Å². The summed E-state index contributed by atoms with van der Waals surface area (Å²) in [7, 11) is 0. The molecule has 1 aliphatic heterocycles. The van der Waals surface area contributed by atoms with Crippen molar-refractivity contribution < 1.29 is 14.7 Å². The molecule has 1 saturated carbocycles. The van der Waals surface area contributed by atoms with Crippen LogP contribution in [0.3, 0.4) is 0 Å². The molecule has 2 aliphatic rings. The molecular weight excluding hydrogens is 256 g/mol. The van der Waals surface area contributed by atoms with Crippen molar-refractivity contribution in [3.8, 4) is 0 Å². The lowest BCUT2D eigenvalue weighted by Gasteiger charge is -2.34. The molecule has 0 radical (unpaired) electrons. The van der Waals surface area contributed by atoms with Gasteiger partial charge in [0.15, 0.2) is 0 Å². The van der Waals surface area contributed by atoms with Gasteiger partial charge in [-0.3, -0.25) is 9.59 Å². The van der Waals surface area contributed by atoms with Crippen molar-refractivity contribution in [3.63, 3.8) is 0 Å². The molecule has 0 aromatic heterocycles. The fourth-order valence-corrected chi connectivity index (χ4v) is 3.16. The van der Waals surface area contributed by atoms with Crippen molar-refractivity contribution in [1.82, 2.24) is 9.80 Å². The predicted molar refractivity (Wildman–Crippen MR) is 76.3 cm³/mol. The van der Waals surface area contributed by atoms with Gasteiger partial charge in [0.2, 0.25) is 5.91 Å². The normalized spacial score (nSPS) is 26.9. The third kappa shape index (κ3) is 3.51. The molecule has 0 bridgehead atoms. The Balaban J connectivity index is 1.74. The number of hydrogen-bond acceptors (Lipinski definition) is 3. The Morgan fingerprint density at radius 1 is 1.15 bits per heavy atom. The monoisotopic (exact) mass is 282 g/mol. The van der Waals surface area contributed by atoms with E-state index in [2.05, 4.69) is 18.7 Å². The molecule has 5 heteroatoms. The molecule has 0 unspecified atom stereocenters. The predicted octanol–water partition coefficient (Wildman–Crippen LogP) is 1.29. The topological polar surface area (TPSA) is 60.9 Å². The van der Waals surface area contributed by atoms with Crippen LogP contribution in [0, 0.1) is 17.8 Å². The third-order valence-electron chi connectivity index (χ3n) is 4.76. The first-order valence-corrected chi connectivity index (χ1v) is 7.80. The lowest BCUT2D eigenvalue weighted by atomic mass is 9.95. The number of carboxylic acids is 1. The standard InChI is InChI=1S/C15H26N2O3/c1-3-16(4-2)10-11-5-7-17(8-6-11)14(18)12-9-13(12)15(19)20/h11-13H,3-10H2,1-2H3,(H,19,20)/t12-,13+/m1/s1. The van der Waals surface area contributed by atoms with E-state index in [4.69, 9.17) is 5.11 Å². The molecule has 20 heavy (non-hydrogen) atoms. The van der Waals surface area contributed by atoms with E-state index in [0.717, 1.165) is 45.6 Å². The van der Waals surface area contributed by atoms with E-state index < -0.39 is 11.9 Å². The lowest BCUT2D eigenvalue weighted by molar-refractivity contribution is -0.142. The Bertz CT molecular complexity index is 360. The van der Waals surface area contributed by atoms with Crippen LogP contribution >= 0.6 is 0 Å². The summed E-state index contributed by atoms with van der Waals surface area (Å²) in [6, 6.07) is 0. The zero-order valence-electron chi connectivity index (χ0n) is 12.5. The summed E-state index contributed by atoms with van der Waals surface area (Å²) in [5.41, 5.74) is 0. The fourth-order valence-electron chi connectivity index (χ4n) is 3.16. The van der Waals surface area contributed by atoms with Crippen LogP contribution in [0.4, 0.5) is 0 Å². The molecule has 1 aliphatic carbocycles. The Kier molecular flexibility index (Phi) is 5.02. The molecule has 0 spiro atoms. The molecule has 5 nitrogen and oxygen atoms in total. The fraction of sp³-hybridized carbons (Fsp3) is 0.867. The molecule has 2 rings (SSSR count). The van der Waals surface area contributed by atoms with Crippen molar-refractivity contribution in [1.29, 1.82) is 0 Å². The molecular formula is C15H26N2O3.